The number of primary amides is 1. The van der Waals surface area contributed by atoms with Crippen LogP contribution in [0, 0.1) is 23.7 Å². The second-order valence-corrected chi connectivity index (χ2v) is 19.4. The van der Waals surface area contributed by atoms with Crippen molar-refractivity contribution in [1.82, 2.24) is 36.0 Å². The van der Waals surface area contributed by atoms with E-state index in [0.717, 1.165) is 19.3 Å². The molecule has 3 fully saturated rings. The van der Waals surface area contributed by atoms with E-state index in [2.05, 4.69) is 31.5 Å². The fourth-order valence-electron chi connectivity index (χ4n) is 10.6. The summed E-state index contributed by atoms with van der Waals surface area (Å²) in [5.41, 5.74) is 6.12. The molecule has 3 aliphatic rings. The van der Waals surface area contributed by atoms with Crippen molar-refractivity contribution in [2.45, 2.75) is 153 Å². The smallest absolute Gasteiger partial charge is 0.405 e. The number of benzene rings is 1. The van der Waals surface area contributed by atoms with Crippen LogP contribution in [0.2, 0.25) is 0 Å². The molecule has 2 bridgehead atoms. The number of fused-ring (bicyclic) bond motifs is 2. The number of aliphatic hydroxyl groups is 1. The molecule has 20 heteroatoms. The van der Waals surface area contributed by atoms with Crippen LogP contribution >= 0.6 is 0 Å². The molecular formula is C48H79N9O11. The minimum absolute atomic E-state index is 0.0252. The van der Waals surface area contributed by atoms with E-state index in [0.29, 0.717) is 43.1 Å². The monoisotopic (exact) mass is 958 g/mol. The van der Waals surface area contributed by atoms with Gasteiger partial charge in [0, 0.05) is 46.1 Å². The van der Waals surface area contributed by atoms with Crippen LogP contribution in [0.1, 0.15) is 98.0 Å². The van der Waals surface area contributed by atoms with Crippen LogP contribution < -0.4 is 32.3 Å². The highest BCUT2D eigenvalue weighted by Crippen LogP contribution is 2.41. The zero-order chi connectivity index (χ0) is 50.4. The molecule has 2 aliphatic heterocycles. The minimum atomic E-state index is -1.39. The highest BCUT2D eigenvalue weighted by atomic mass is 16.5. The topological polar surface area (TPSA) is 274 Å². The summed E-state index contributed by atoms with van der Waals surface area (Å²) in [5.74, 6) is -2.25. The molecule has 4 rings (SSSR count). The third kappa shape index (κ3) is 14.5. The van der Waals surface area contributed by atoms with Gasteiger partial charge in [-0.3, -0.25) is 28.9 Å². The van der Waals surface area contributed by atoms with E-state index in [1.807, 2.05) is 34.7 Å². The first kappa shape index (κ1) is 55.5. The SMILES string of the molecule is CCC(C)C(C(CC(=O)N1CCC[C@H]1C(OC)C(C)C(=O)NC(CO)Cc1cccc(NC(=O)C(CCCNC(N)=O)NC(=O)O)c1)OC)N(C)C(=O)C(NC(=O)[C@@H]1[C@H]2CC[C@H](C2)N1C)C(C)C. The van der Waals surface area contributed by atoms with Crippen LogP contribution in [0.15, 0.2) is 24.3 Å². The highest BCUT2D eigenvalue weighted by molar-refractivity contribution is 5.96. The number of ether oxygens (including phenoxy) is 2. The summed E-state index contributed by atoms with van der Waals surface area (Å²) in [7, 11) is 6.76. The summed E-state index contributed by atoms with van der Waals surface area (Å²) in [6, 6.07) is 2.61. The summed E-state index contributed by atoms with van der Waals surface area (Å²) in [6.07, 6.45) is 2.87. The molecule has 20 nitrogen and oxygen atoms in total. The molecule has 0 spiro atoms. The average Bonchev–Trinajstić information content (AvgIpc) is 4.06. The number of nitrogens with one attached hydrogen (secondary N) is 5. The molecule has 0 aromatic heterocycles. The summed E-state index contributed by atoms with van der Waals surface area (Å²) in [4.78, 5) is 97.4. The Morgan fingerprint density at radius 2 is 1.69 bits per heavy atom. The van der Waals surface area contributed by atoms with Crippen LogP contribution in [0.25, 0.3) is 0 Å². The van der Waals surface area contributed by atoms with Gasteiger partial charge in [0.1, 0.15) is 12.1 Å². The molecule has 8 amide bonds. The fraction of sp³-hybridized carbons (Fsp3) is 0.729. The van der Waals surface area contributed by atoms with Crippen molar-refractivity contribution in [3.05, 3.63) is 29.8 Å². The maximum Gasteiger partial charge on any atom is 0.405 e. The lowest BCUT2D eigenvalue weighted by Gasteiger charge is -2.41. The van der Waals surface area contributed by atoms with Crippen LogP contribution in [0.5, 0.6) is 0 Å². The van der Waals surface area contributed by atoms with Crippen molar-refractivity contribution in [1.29, 1.82) is 0 Å². The quantitative estimate of drug-likeness (QED) is 0.0622. The Labute approximate surface area is 401 Å². The lowest BCUT2D eigenvalue weighted by molar-refractivity contribution is -0.148. The number of likely N-dealkylation sites (N-methyl/N-ethyl adjacent to an activating group) is 2. The van der Waals surface area contributed by atoms with Gasteiger partial charge in [-0.1, -0.05) is 53.2 Å². The first-order chi connectivity index (χ1) is 32.3. The van der Waals surface area contributed by atoms with E-state index in [4.69, 9.17) is 15.2 Å². The van der Waals surface area contributed by atoms with E-state index in [-0.39, 0.29) is 73.7 Å². The number of nitrogens with two attached hydrogens (primary N) is 1. The van der Waals surface area contributed by atoms with Gasteiger partial charge in [-0.05, 0) is 93.9 Å². The molecule has 1 aromatic rings. The lowest BCUT2D eigenvalue weighted by Crippen LogP contribution is -2.60. The summed E-state index contributed by atoms with van der Waals surface area (Å²) in [5, 5.41) is 33.0. The van der Waals surface area contributed by atoms with Gasteiger partial charge in [-0.2, -0.15) is 0 Å². The predicted molar refractivity (Wildman–Crippen MR) is 255 cm³/mol. The number of nitrogens with zero attached hydrogens (tertiary/aromatic N) is 3. The van der Waals surface area contributed by atoms with E-state index < -0.39 is 78.9 Å². The number of methoxy groups -OCH3 is 2. The summed E-state index contributed by atoms with van der Waals surface area (Å²) >= 11 is 0. The number of piperidine rings is 1. The van der Waals surface area contributed by atoms with Crippen molar-refractivity contribution in [2.75, 3.05) is 53.3 Å². The number of anilines is 1. The van der Waals surface area contributed by atoms with Crippen LogP contribution in [0.3, 0.4) is 0 Å². The molecule has 12 atom stereocenters. The third-order valence-electron chi connectivity index (χ3n) is 14.5. The van der Waals surface area contributed by atoms with Crippen molar-refractivity contribution >= 4 is 47.3 Å². The Morgan fingerprint density at radius 1 is 0.971 bits per heavy atom. The average molecular weight is 958 g/mol. The van der Waals surface area contributed by atoms with Gasteiger partial charge in [0.2, 0.25) is 29.5 Å². The Balaban J connectivity index is 1.40. The van der Waals surface area contributed by atoms with Gasteiger partial charge < -0.3 is 61.8 Å². The normalized spacial score (nSPS) is 22.5. The van der Waals surface area contributed by atoms with Crippen LogP contribution in [-0.4, -0.2) is 169 Å². The number of hydrogen-bond donors (Lipinski definition) is 8. The highest BCUT2D eigenvalue weighted by Gasteiger charge is 2.49. The molecule has 382 valence electrons. The lowest BCUT2D eigenvalue weighted by atomic mass is 9.89. The molecule has 8 unspecified atom stereocenters. The van der Waals surface area contributed by atoms with E-state index >= 15 is 0 Å². The van der Waals surface area contributed by atoms with Crippen LogP contribution in [0.4, 0.5) is 15.3 Å². The number of carbonyl (C=O) groups excluding carboxylic acids is 6. The van der Waals surface area contributed by atoms with Gasteiger partial charge in [0.25, 0.3) is 0 Å². The van der Waals surface area contributed by atoms with E-state index in [1.54, 1.807) is 55.1 Å². The van der Waals surface area contributed by atoms with Crippen molar-refractivity contribution in [3.63, 3.8) is 0 Å². The fourth-order valence-corrected chi connectivity index (χ4v) is 10.6. The maximum absolute atomic E-state index is 14.4. The predicted octanol–water partition coefficient (Wildman–Crippen LogP) is 2.27. The molecule has 9 N–H and O–H groups in total. The maximum atomic E-state index is 14.4. The molecular weight excluding hydrogens is 879 g/mol. The van der Waals surface area contributed by atoms with Gasteiger partial charge in [0.05, 0.1) is 55.3 Å². The second kappa shape index (κ2) is 26.1. The van der Waals surface area contributed by atoms with E-state index in [1.165, 1.54) is 7.11 Å². The van der Waals surface area contributed by atoms with Gasteiger partial charge >= 0.3 is 12.1 Å². The molecule has 1 saturated carbocycles. The number of rotatable bonds is 26. The Kier molecular flexibility index (Phi) is 21.3. The van der Waals surface area contributed by atoms with Gasteiger partial charge in [-0.15, -0.1) is 0 Å². The van der Waals surface area contributed by atoms with Gasteiger partial charge in [0.15, 0.2) is 0 Å². The van der Waals surface area contributed by atoms with Crippen LogP contribution in [-0.2, 0) is 39.9 Å². The minimum Gasteiger partial charge on any atom is -0.465 e. The second-order valence-electron chi connectivity index (χ2n) is 19.4. The standard InChI is InChI=1S/C48H79N9O11/c1-10-28(4)40(56(7)46(63)39(27(2)3)54-45(62)41-31-18-19-34(24-31)55(41)6)37(67-8)25-38(59)57-21-13-17-36(57)42(68-9)29(5)43(60)52-33(26-58)23-30-14-11-15-32(22-30)51-44(61)35(53-48(65)66)16-12-20-50-47(49)64/h11,14-15,22,27-29,31,33-37,39-42,53,58H,10,12-13,16-21,23-26H2,1-9H3,(H,51,61)(H,52,60)(H,54,62)(H,65,66)(H3,49,50,64)/t28?,29?,31-,33?,34+,35?,36-,37?,39?,40?,41-,42?/m0/s1. The molecule has 1 aliphatic carbocycles. The Hall–Kier alpha value is -5.05. The molecule has 0 radical (unpaired) electrons. The van der Waals surface area contributed by atoms with Crippen molar-refractivity contribution in [2.24, 2.45) is 29.4 Å². The molecule has 68 heavy (non-hydrogen) atoms. The number of carboxylic acid groups (broad SMARTS) is 1. The number of aliphatic hydroxyl groups excluding tert-OH is 1. The third-order valence-corrected chi connectivity index (χ3v) is 14.5. The molecule has 1 aromatic carbocycles. The number of likely N-dealkylation sites (tertiary alicyclic amines) is 2. The Morgan fingerprint density at radius 3 is 2.28 bits per heavy atom. The largest absolute Gasteiger partial charge is 0.465 e. The van der Waals surface area contributed by atoms with Crippen molar-refractivity contribution in [3.8, 4) is 0 Å². The van der Waals surface area contributed by atoms with E-state index in [9.17, 15) is 43.8 Å². The first-order valence-electron chi connectivity index (χ1n) is 24.2. The number of hydrogen-bond acceptors (Lipinski definition) is 11. The number of amides is 8. The molecule has 2 saturated heterocycles. The first-order valence-corrected chi connectivity index (χ1v) is 24.2. The zero-order valence-electron chi connectivity index (χ0n) is 41.5. The van der Waals surface area contributed by atoms with Crippen molar-refractivity contribution < 1.29 is 53.2 Å². The molecule has 2 heterocycles. The number of carbonyl (C=O) groups is 7. The zero-order valence-corrected chi connectivity index (χ0v) is 41.5. The summed E-state index contributed by atoms with van der Waals surface area (Å²) < 4.78 is 12.0. The number of urea groups is 1. The Bertz CT molecular complexity index is 1890. The van der Waals surface area contributed by atoms with Gasteiger partial charge in [-0.25, -0.2) is 9.59 Å². The summed E-state index contributed by atoms with van der Waals surface area (Å²) in [6.45, 7) is 9.82.